The minimum absolute atomic E-state index is 0.000258. The Balaban J connectivity index is 1.75. The summed E-state index contributed by atoms with van der Waals surface area (Å²) >= 11 is 0. The third-order valence-electron chi connectivity index (χ3n) is 5.86. The van der Waals surface area contributed by atoms with E-state index in [2.05, 4.69) is 10.0 Å². The molecule has 0 aliphatic heterocycles. The second-order valence-electron chi connectivity index (χ2n) is 9.27. The summed E-state index contributed by atoms with van der Waals surface area (Å²) in [5.41, 5.74) is 2.83. The van der Waals surface area contributed by atoms with Crippen molar-refractivity contribution in [2.75, 3.05) is 30.7 Å². The number of nitrogens with one attached hydrogen (secondary N) is 2. The molecule has 2 N–H and O–H groups in total. The second kappa shape index (κ2) is 11.6. The van der Waals surface area contributed by atoms with Crippen LogP contribution in [0.3, 0.4) is 0 Å². The average Bonchev–Trinajstić information content (AvgIpc) is 2.83. The minimum atomic E-state index is -4.04. The molecule has 3 aromatic rings. The van der Waals surface area contributed by atoms with Gasteiger partial charge in [-0.1, -0.05) is 35.9 Å². The molecule has 1 amide bonds. The van der Waals surface area contributed by atoms with E-state index in [0.29, 0.717) is 16.7 Å². The van der Waals surface area contributed by atoms with Crippen LogP contribution < -0.4 is 10.0 Å². The molecule has 0 aliphatic rings. The molecular formula is C27H31N3O7S2. The molecule has 0 saturated heterocycles. The summed E-state index contributed by atoms with van der Waals surface area (Å²) in [7, 11) is -4.96. The highest BCUT2D eigenvalue weighted by Crippen LogP contribution is 2.26. The number of hydrogen-bond donors (Lipinski definition) is 2. The van der Waals surface area contributed by atoms with Gasteiger partial charge in [0.2, 0.25) is 10.0 Å². The molecule has 39 heavy (non-hydrogen) atoms. The van der Waals surface area contributed by atoms with Crippen LogP contribution in [0.25, 0.3) is 0 Å². The quantitative estimate of drug-likeness (QED) is 0.372. The molecule has 0 atom stereocenters. The van der Waals surface area contributed by atoms with Crippen molar-refractivity contribution in [3.63, 3.8) is 0 Å². The first-order valence-corrected chi connectivity index (χ1v) is 14.8. The molecule has 12 heteroatoms. The number of sulfonamides is 2. The van der Waals surface area contributed by atoms with Gasteiger partial charge in [-0.25, -0.2) is 25.9 Å². The van der Waals surface area contributed by atoms with Crippen LogP contribution in [0, 0.1) is 27.7 Å². The van der Waals surface area contributed by atoms with Crippen LogP contribution in [0.1, 0.15) is 32.6 Å². The third kappa shape index (κ3) is 6.83. The van der Waals surface area contributed by atoms with Crippen LogP contribution in [-0.2, 0) is 29.6 Å². The van der Waals surface area contributed by atoms with Gasteiger partial charge in [-0.3, -0.25) is 9.52 Å². The van der Waals surface area contributed by atoms with Crippen LogP contribution >= 0.6 is 0 Å². The Morgan fingerprint density at radius 1 is 0.821 bits per heavy atom. The number of aryl methyl sites for hydroxylation is 4. The van der Waals surface area contributed by atoms with Gasteiger partial charge in [0, 0.05) is 19.8 Å². The Labute approximate surface area is 229 Å². The normalized spacial score (nSPS) is 11.8. The van der Waals surface area contributed by atoms with Crippen molar-refractivity contribution in [2.24, 2.45) is 0 Å². The van der Waals surface area contributed by atoms with Gasteiger partial charge in [0.15, 0.2) is 6.61 Å². The van der Waals surface area contributed by atoms with Crippen molar-refractivity contribution in [1.82, 2.24) is 4.31 Å². The number of para-hydroxylation sites is 1. The lowest BCUT2D eigenvalue weighted by atomic mass is 10.1. The highest BCUT2D eigenvalue weighted by atomic mass is 32.2. The Morgan fingerprint density at radius 3 is 2.05 bits per heavy atom. The molecule has 208 valence electrons. The highest BCUT2D eigenvalue weighted by Gasteiger charge is 2.24. The first-order chi connectivity index (χ1) is 18.1. The largest absolute Gasteiger partial charge is 0.452 e. The first kappa shape index (κ1) is 29.8. The summed E-state index contributed by atoms with van der Waals surface area (Å²) in [6.07, 6.45) is 0. The summed E-state index contributed by atoms with van der Waals surface area (Å²) in [5.74, 6) is -1.61. The van der Waals surface area contributed by atoms with Gasteiger partial charge in [0.1, 0.15) is 0 Å². The fourth-order valence-corrected chi connectivity index (χ4v) is 6.50. The number of nitrogens with zero attached hydrogens (tertiary/aromatic N) is 1. The average molecular weight is 574 g/mol. The lowest BCUT2D eigenvalue weighted by Crippen LogP contribution is -2.24. The van der Waals surface area contributed by atoms with E-state index in [-0.39, 0.29) is 26.7 Å². The van der Waals surface area contributed by atoms with E-state index in [1.54, 1.807) is 45.0 Å². The number of rotatable bonds is 9. The summed E-state index contributed by atoms with van der Waals surface area (Å²) in [4.78, 5) is 25.5. The zero-order valence-corrected chi connectivity index (χ0v) is 24.2. The number of carbonyl (C=O) groups is 2. The van der Waals surface area contributed by atoms with Gasteiger partial charge in [-0.2, -0.15) is 0 Å². The van der Waals surface area contributed by atoms with E-state index in [0.717, 1.165) is 9.87 Å². The lowest BCUT2D eigenvalue weighted by molar-refractivity contribution is -0.119. The Morgan fingerprint density at radius 2 is 1.44 bits per heavy atom. The predicted molar refractivity (Wildman–Crippen MR) is 149 cm³/mol. The molecule has 3 rings (SSSR count). The molecular weight excluding hydrogens is 542 g/mol. The van der Waals surface area contributed by atoms with E-state index in [9.17, 15) is 26.4 Å². The van der Waals surface area contributed by atoms with Crippen molar-refractivity contribution in [3.05, 3.63) is 82.4 Å². The number of esters is 1. The summed E-state index contributed by atoms with van der Waals surface area (Å²) in [6, 6.07) is 13.7. The molecule has 0 unspecified atom stereocenters. The van der Waals surface area contributed by atoms with Gasteiger partial charge in [0.05, 0.1) is 21.0 Å². The SMILES string of the molecule is Cc1cc(C)c(S(=O)(=O)Nc2ccccc2C(=O)OCC(=O)Nc2cc(S(=O)(=O)N(C)C)ccc2C)c(C)c1. The van der Waals surface area contributed by atoms with Crippen LogP contribution in [0.15, 0.2) is 64.4 Å². The topological polar surface area (TPSA) is 139 Å². The van der Waals surface area contributed by atoms with Crippen LogP contribution in [-0.4, -0.2) is 53.7 Å². The lowest BCUT2D eigenvalue weighted by Gasteiger charge is -2.16. The van der Waals surface area contributed by atoms with E-state index in [4.69, 9.17) is 4.74 Å². The van der Waals surface area contributed by atoms with E-state index in [1.807, 2.05) is 6.92 Å². The van der Waals surface area contributed by atoms with E-state index in [1.165, 1.54) is 44.4 Å². The van der Waals surface area contributed by atoms with E-state index >= 15 is 0 Å². The number of carbonyl (C=O) groups excluding carboxylic acids is 2. The van der Waals surface area contributed by atoms with Crippen LogP contribution in [0.2, 0.25) is 0 Å². The number of benzene rings is 3. The van der Waals surface area contributed by atoms with Gasteiger partial charge in [-0.15, -0.1) is 0 Å². The van der Waals surface area contributed by atoms with Gasteiger partial charge in [0.25, 0.3) is 15.9 Å². The Kier molecular flexibility index (Phi) is 8.84. The Bertz CT molecular complexity index is 1620. The van der Waals surface area contributed by atoms with Gasteiger partial charge in [-0.05, 0) is 68.7 Å². The maximum absolute atomic E-state index is 13.2. The molecule has 0 radical (unpaired) electrons. The standard InChI is InChI=1S/C27H31N3O7S2/c1-17-13-19(3)26(20(4)14-17)38(33,34)29-23-10-8-7-9-22(23)27(32)37-16-25(31)28-24-15-21(12-11-18(24)2)39(35,36)30(5)6/h7-15,29H,16H2,1-6H3,(H,28,31). The smallest absolute Gasteiger partial charge is 0.340 e. The summed E-state index contributed by atoms with van der Waals surface area (Å²) in [6.45, 7) is 6.27. The van der Waals surface area contributed by atoms with Crippen LogP contribution in [0.4, 0.5) is 11.4 Å². The monoisotopic (exact) mass is 573 g/mol. The number of ether oxygens (including phenoxy) is 1. The molecule has 0 heterocycles. The highest BCUT2D eigenvalue weighted by molar-refractivity contribution is 7.92. The minimum Gasteiger partial charge on any atom is -0.452 e. The van der Waals surface area contributed by atoms with Crippen LogP contribution in [0.5, 0.6) is 0 Å². The van der Waals surface area contributed by atoms with Crippen molar-refractivity contribution in [1.29, 1.82) is 0 Å². The molecule has 0 aromatic heterocycles. The molecule has 10 nitrogen and oxygen atoms in total. The number of anilines is 2. The van der Waals surface area contributed by atoms with Crippen molar-refractivity contribution >= 4 is 43.3 Å². The van der Waals surface area contributed by atoms with Crippen molar-refractivity contribution in [3.8, 4) is 0 Å². The van der Waals surface area contributed by atoms with Crippen molar-refractivity contribution in [2.45, 2.75) is 37.5 Å². The first-order valence-electron chi connectivity index (χ1n) is 11.8. The summed E-state index contributed by atoms with van der Waals surface area (Å²) < 4.78 is 59.9. The van der Waals surface area contributed by atoms with E-state index < -0.39 is 38.5 Å². The zero-order chi connectivity index (χ0) is 29.1. The maximum Gasteiger partial charge on any atom is 0.340 e. The predicted octanol–water partition coefficient (Wildman–Crippen LogP) is 3.77. The summed E-state index contributed by atoms with van der Waals surface area (Å²) in [5, 5.41) is 2.55. The zero-order valence-electron chi connectivity index (χ0n) is 22.5. The molecule has 3 aromatic carbocycles. The van der Waals surface area contributed by atoms with Crippen molar-refractivity contribution < 1.29 is 31.2 Å². The third-order valence-corrected chi connectivity index (χ3v) is 9.34. The molecule has 0 bridgehead atoms. The second-order valence-corrected chi connectivity index (χ2v) is 13.0. The number of amides is 1. The molecule has 0 aliphatic carbocycles. The molecule has 0 spiro atoms. The fourth-order valence-electron chi connectivity index (χ4n) is 4.04. The molecule has 0 fully saturated rings. The maximum atomic E-state index is 13.2. The molecule has 0 saturated carbocycles. The Hall–Kier alpha value is -3.74. The fraction of sp³-hybridized carbons (Fsp3) is 0.259. The van der Waals surface area contributed by atoms with Gasteiger partial charge < -0.3 is 10.1 Å². The van der Waals surface area contributed by atoms with Gasteiger partial charge >= 0.3 is 5.97 Å². The number of hydrogen-bond acceptors (Lipinski definition) is 7.